The molecule has 1 heterocycles. The van der Waals surface area contributed by atoms with E-state index in [1.54, 1.807) is 30.3 Å². The number of methoxy groups -OCH3 is 1. The number of ether oxygens (including phenoxy) is 3. The Hall–Kier alpha value is -3.53. The molecule has 0 aromatic heterocycles. The molecule has 8 heteroatoms. The SMILES string of the molecule is COc1cc(/C=C2\N=C(c3ccc(F)cc3)OC2=O)cc(I)c1OC(=O)c1cccc(C)c1. The lowest BCUT2D eigenvalue weighted by Crippen LogP contribution is -2.10. The minimum absolute atomic E-state index is 0.0803. The van der Waals surface area contributed by atoms with Crippen LogP contribution in [-0.4, -0.2) is 24.9 Å². The normalized spacial score (nSPS) is 14.1. The molecule has 0 radical (unpaired) electrons. The molecule has 166 valence electrons. The number of nitrogens with zero attached hydrogens (tertiary/aromatic N) is 1. The summed E-state index contributed by atoms with van der Waals surface area (Å²) < 4.78 is 30.0. The summed E-state index contributed by atoms with van der Waals surface area (Å²) in [5, 5.41) is 0. The molecule has 1 aliphatic rings. The first-order valence-electron chi connectivity index (χ1n) is 9.79. The first-order valence-corrected chi connectivity index (χ1v) is 10.9. The van der Waals surface area contributed by atoms with Gasteiger partial charge in [-0.05, 0) is 89.7 Å². The number of carbonyl (C=O) groups is 2. The molecule has 0 saturated heterocycles. The van der Waals surface area contributed by atoms with Gasteiger partial charge in [0.2, 0.25) is 5.90 Å². The standard InChI is InChI=1S/C25H17FINO5/c1-14-4-3-5-17(10-14)24(29)32-22-19(27)11-15(13-21(22)31-2)12-20-25(30)33-23(28-20)16-6-8-18(26)9-7-16/h3-13H,1-2H3/b20-12-. The van der Waals surface area contributed by atoms with Gasteiger partial charge in [-0.25, -0.2) is 19.0 Å². The Bertz CT molecular complexity index is 1310. The Labute approximate surface area is 202 Å². The smallest absolute Gasteiger partial charge is 0.363 e. The molecule has 0 unspecified atom stereocenters. The maximum Gasteiger partial charge on any atom is 0.363 e. The quantitative estimate of drug-likeness (QED) is 0.184. The Morgan fingerprint density at radius 3 is 2.58 bits per heavy atom. The van der Waals surface area contributed by atoms with Crippen LogP contribution >= 0.6 is 22.6 Å². The molecule has 1 aliphatic heterocycles. The van der Waals surface area contributed by atoms with E-state index in [0.717, 1.165) is 5.56 Å². The Kier molecular flexibility index (Phi) is 6.55. The molecule has 3 aromatic rings. The lowest BCUT2D eigenvalue weighted by molar-refractivity contribution is -0.129. The van der Waals surface area contributed by atoms with Crippen LogP contribution in [0.15, 0.2) is 71.4 Å². The van der Waals surface area contributed by atoms with Crippen LogP contribution in [-0.2, 0) is 9.53 Å². The van der Waals surface area contributed by atoms with E-state index in [9.17, 15) is 14.0 Å². The van der Waals surface area contributed by atoms with Crippen LogP contribution in [0.5, 0.6) is 11.5 Å². The second-order valence-corrected chi connectivity index (χ2v) is 8.30. The summed E-state index contributed by atoms with van der Waals surface area (Å²) in [5.74, 6) is -0.840. The number of rotatable bonds is 5. The molecule has 0 bridgehead atoms. The minimum Gasteiger partial charge on any atom is -0.493 e. The lowest BCUT2D eigenvalue weighted by Gasteiger charge is -2.12. The van der Waals surface area contributed by atoms with Crippen molar-refractivity contribution >= 4 is 46.5 Å². The highest BCUT2D eigenvalue weighted by atomic mass is 127. The summed E-state index contributed by atoms with van der Waals surface area (Å²) in [4.78, 5) is 29.1. The Balaban J connectivity index is 1.62. The van der Waals surface area contributed by atoms with Crippen molar-refractivity contribution in [2.45, 2.75) is 6.92 Å². The van der Waals surface area contributed by atoms with Gasteiger partial charge >= 0.3 is 11.9 Å². The van der Waals surface area contributed by atoms with Gasteiger partial charge in [-0.15, -0.1) is 0 Å². The number of aliphatic imine (C=N–C) groups is 1. The molecule has 0 N–H and O–H groups in total. The van der Waals surface area contributed by atoms with Crippen LogP contribution in [0.2, 0.25) is 0 Å². The zero-order valence-corrected chi connectivity index (χ0v) is 19.8. The van der Waals surface area contributed by atoms with E-state index < -0.39 is 17.8 Å². The van der Waals surface area contributed by atoms with Crippen LogP contribution in [0.4, 0.5) is 4.39 Å². The van der Waals surface area contributed by atoms with E-state index in [-0.39, 0.29) is 17.3 Å². The van der Waals surface area contributed by atoms with E-state index in [1.807, 2.05) is 35.6 Å². The molecule has 0 aliphatic carbocycles. The molecule has 0 saturated carbocycles. The fourth-order valence-corrected chi connectivity index (χ4v) is 3.86. The Morgan fingerprint density at radius 1 is 1.12 bits per heavy atom. The average Bonchev–Trinajstić information content (AvgIpc) is 3.15. The molecule has 4 rings (SSSR count). The highest BCUT2D eigenvalue weighted by Crippen LogP contribution is 2.35. The number of hydrogen-bond donors (Lipinski definition) is 0. The lowest BCUT2D eigenvalue weighted by atomic mass is 10.1. The number of benzene rings is 3. The van der Waals surface area contributed by atoms with Crippen LogP contribution in [0.3, 0.4) is 0 Å². The summed E-state index contributed by atoms with van der Waals surface area (Å²) in [7, 11) is 1.46. The number of hydrogen-bond acceptors (Lipinski definition) is 6. The molecule has 0 atom stereocenters. The zero-order valence-electron chi connectivity index (χ0n) is 17.6. The molecule has 6 nitrogen and oxygen atoms in total. The molecule has 0 fully saturated rings. The van der Waals surface area contributed by atoms with Gasteiger partial charge in [-0.1, -0.05) is 17.7 Å². The number of halogens is 2. The van der Waals surface area contributed by atoms with Crippen LogP contribution in [0, 0.1) is 16.3 Å². The van der Waals surface area contributed by atoms with Gasteiger partial charge in [0.05, 0.1) is 16.2 Å². The van der Waals surface area contributed by atoms with Gasteiger partial charge < -0.3 is 14.2 Å². The Morgan fingerprint density at radius 2 is 1.88 bits per heavy atom. The second-order valence-electron chi connectivity index (χ2n) is 7.14. The van der Waals surface area contributed by atoms with Crippen molar-refractivity contribution in [1.82, 2.24) is 0 Å². The largest absolute Gasteiger partial charge is 0.493 e. The minimum atomic E-state index is -0.627. The number of cyclic esters (lactones) is 1. The molecule has 0 spiro atoms. The van der Waals surface area contributed by atoms with Crippen LogP contribution in [0.1, 0.15) is 27.0 Å². The monoisotopic (exact) mass is 557 g/mol. The molecule has 33 heavy (non-hydrogen) atoms. The summed E-state index contributed by atoms with van der Waals surface area (Å²) >= 11 is 2.03. The predicted molar refractivity (Wildman–Crippen MR) is 129 cm³/mol. The van der Waals surface area contributed by atoms with Crippen molar-refractivity contribution in [3.05, 3.63) is 98.0 Å². The maximum atomic E-state index is 13.1. The van der Waals surface area contributed by atoms with Gasteiger partial charge in [0.15, 0.2) is 17.2 Å². The van der Waals surface area contributed by atoms with Crippen molar-refractivity contribution in [3.63, 3.8) is 0 Å². The first kappa shape index (κ1) is 22.7. The van der Waals surface area contributed by atoms with Gasteiger partial charge in [-0.3, -0.25) is 0 Å². The third-order valence-corrected chi connectivity index (χ3v) is 5.52. The zero-order chi connectivity index (χ0) is 23.5. The van der Waals surface area contributed by atoms with E-state index >= 15 is 0 Å². The van der Waals surface area contributed by atoms with E-state index in [2.05, 4.69) is 4.99 Å². The van der Waals surface area contributed by atoms with Gasteiger partial charge in [0.1, 0.15) is 5.82 Å². The summed E-state index contributed by atoms with van der Waals surface area (Å²) in [6.07, 6.45) is 1.54. The van der Waals surface area contributed by atoms with Crippen molar-refractivity contribution in [2.24, 2.45) is 4.99 Å². The van der Waals surface area contributed by atoms with Crippen molar-refractivity contribution in [2.75, 3.05) is 7.11 Å². The highest BCUT2D eigenvalue weighted by molar-refractivity contribution is 14.1. The fraction of sp³-hybridized carbons (Fsp3) is 0.0800. The summed E-state index contributed by atoms with van der Waals surface area (Å²) in [6.45, 7) is 1.89. The predicted octanol–water partition coefficient (Wildman–Crippen LogP) is 5.31. The topological polar surface area (TPSA) is 74.2 Å². The van der Waals surface area contributed by atoms with Crippen molar-refractivity contribution < 1.29 is 28.2 Å². The summed E-state index contributed by atoms with van der Waals surface area (Å²) in [6, 6.07) is 15.9. The summed E-state index contributed by atoms with van der Waals surface area (Å²) in [5.41, 5.74) is 2.53. The third kappa shape index (κ3) is 5.11. The van der Waals surface area contributed by atoms with Crippen molar-refractivity contribution in [1.29, 1.82) is 0 Å². The number of carbonyl (C=O) groups excluding carboxylic acids is 2. The maximum absolute atomic E-state index is 13.1. The highest BCUT2D eigenvalue weighted by Gasteiger charge is 2.25. The van der Waals surface area contributed by atoms with Crippen LogP contribution < -0.4 is 9.47 Å². The van der Waals surface area contributed by atoms with Gasteiger partial charge in [0.25, 0.3) is 0 Å². The average molecular weight is 557 g/mol. The second kappa shape index (κ2) is 9.53. The van der Waals surface area contributed by atoms with Crippen LogP contribution in [0.25, 0.3) is 6.08 Å². The number of aryl methyl sites for hydroxylation is 1. The molecule has 0 amide bonds. The third-order valence-electron chi connectivity index (χ3n) is 4.72. The molecule has 3 aromatic carbocycles. The van der Waals surface area contributed by atoms with Crippen molar-refractivity contribution in [3.8, 4) is 11.5 Å². The molecular formula is C25H17FINO5. The fourth-order valence-electron chi connectivity index (χ4n) is 3.13. The van der Waals surface area contributed by atoms with E-state index in [1.165, 1.54) is 37.5 Å². The number of esters is 2. The molecular weight excluding hydrogens is 540 g/mol. The first-order chi connectivity index (χ1) is 15.8. The van der Waals surface area contributed by atoms with E-state index in [0.29, 0.717) is 26.0 Å². The van der Waals surface area contributed by atoms with Gasteiger partial charge in [0, 0.05) is 5.56 Å². The van der Waals surface area contributed by atoms with Gasteiger partial charge in [-0.2, -0.15) is 0 Å². The van der Waals surface area contributed by atoms with E-state index in [4.69, 9.17) is 14.2 Å².